The molecule has 180 valence electrons. The molecule has 0 spiro atoms. The predicted octanol–water partition coefficient (Wildman–Crippen LogP) is 3.06. The third-order valence-electron chi connectivity index (χ3n) is 5.85. The molecule has 4 aromatic rings. The van der Waals surface area contributed by atoms with E-state index < -0.39 is 0 Å². The smallest absolute Gasteiger partial charge is 0.322 e. The molecule has 1 aliphatic rings. The third kappa shape index (κ3) is 5.31. The normalized spacial score (nSPS) is 18.0. The maximum Gasteiger partial charge on any atom is 0.322 e. The number of aromatic amines is 1. The van der Waals surface area contributed by atoms with Gasteiger partial charge in [0.05, 0.1) is 22.3 Å². The number of nitrogens with zero attached hydrogens (tertiary/aromatic N) is 4. The number of aromatic nitrogens is 4. The second kappa shape index (κ2) is 10.1. The van der Waals surface area contributed by atoms with Gasteiger partial charge in [-0.2, -0.15) is 5.10 Å². The van der Waals surface area contributed by atoms with E-state index in [1.165, 1.54) is 0 Å². The summed E-state index contributed by atoms with van der Waals surface area (Å²) in [7, 11) is 1.99. The number of nitrogens with one attached hydrogen (secondary N) is 2. The number of amides is 1. The van der Waals surface area contributed by atoms with Gasteiger partial charge in [0.2, 0.25) is 0 Å². The molecule has 1 saturated heterocycles. The molecule has 1 amide bonds. The Labute approximate surface area is 209 Å². The summed E-state index contributed by atoms with van der Waals surface area (Å²) >= 11 is 2.66. The van der Waals surface area contributed by atoms with Crippen molar-refractivity contribution in [3.8, 4) is 16.5 Å². The highest BCUT2D eigenvalue weighted by molar-refractivity contribution is 7.15. The second-order valence-corrected chi connectivity index (χ2v) is 10.5. The number of thiazole rings is 1. The lowest BCUT2D eigenvalue weighted by Crippen LogP contribution is -2.39. The van der Waals surface area contributed by atoms with Crippen molar-refractivity contribution in [1.29, 1.82) is 0 Å². The number of likely N-dealkylation sites (N-methyl/N-ethyl adjacent to an activating group) is 1. The average molecular weight is 509 g/mol. The lowest BCUT2D eigenvalue weighted by molar-refractivity contribution is 0.0935. The first-order valence-corrected chi connectivity index (χ1v) is 12.7. The average Bonchev–Trinajstić information content (AvgIpc) is 3.56. The van der Waals surface area contributed by atoms with Crippen molar-refractivity contribution < 1.29 is 9.53 Å². The minimum Gasteiger partial charge on any atom is -0.488 e. The van der Waals surface area contributed by atoms with Gasteiger partial charge in [0.25, 0.3) is 5.91 Å². The zero-order valence-corrected chi connectivity index (χ0v) is 20.9. The largest absolute Gasteiger partial charge is 0.488 e. The van der Waals surface area contributed by atoms with Gasteiger partial charge < -0.3 is 15.0 Å². The Hall–Kier alpha value is -3.41. The predicted molar refractivity (Wildman–Crippen MR) is 135 cm³/mol. The highest BCUT2D eigenvalue weighted by atomic mass is 32.1. The summed E-state index contributed by atoms with van der Waals surface area (Å²) in [5.41, 5.74) is 2.32. The molecule has 35 heavy (non-hydrogen) atoms. The van der Waals surface area contributed by atoms with Crippen molar-refractivity contribution >= 4 is 28.6 Å². The molecule has 2 atom stereocenters. The van der Waals surface area contributed by atoms with Crippen LogP contribution in [0.5, 0.6) is 5.75 Å². The summed E-state index contributed by atoms with van der Waals surface area (Å²) in [6.07, 6.45) is 1.76. The maximum atomic E-state index is 12.9. The Bertz CT molecular complexity index is 1370. The van der Waals surface area contributed by atoms with E-state index in [1.807, 2.05) is 32.2 Å². The molecule has 3 aromatic heterocycles. The first-order chi connectivity index (χ1) is 17.0. The van der Waals surface area contributed by atoms with Gasteiger partial charge in [-0.15, -0.1) is 11.3 Å². The molecule has 2 N–H and O–H groups in total. The number of rotatable bonds is 7. The summed E-state index contributed by atoms with van der Waals surface area (Å²) in [4.78, 5) is 36.4. The van der Waals surface area contributed by atoms with Crippen LogP contribution in [0.25, 0.3) is 10.7 Å². The van der Waals surface area contributed by atoms with Crippen LogP contribution in [-0.2, 0) is 6.61 Å². The Morgan fingerprint density at radius 2 is 2.03 bits per heavy atom. The summed E-state index contributed by atoms with van der Waals surface area (Å²) in [6, 6.07) is 12.7. The number of carbonyl (C=O) groups excluding carboxylic acids is 1. The van der Waals surface area contributed by atoms with Crippen molar-refractivity contribution in [3.63, 3.8) is 0 Å². The lowest BCUT2D eigenvalue weighted by atomic mass is 10.0. The third-order valence-corrected chi connectivity index (χ3v) is 7.89. The number of hydrogen-bond acceptors (Lipinski definition) is 9. The number of H-pyrrole nitrogens is 1. The first-order valence-electron chi connectivity index (χ1n) is 11.1. The number of aryl methyl sites for hydroxylation is 1. The zero-order chi connectivity index (χ0) is 24.4. The van der Waals surface area contributed by atoms with Crippen molar-refractivity contribution in [1.82, 2.24) is 30.4 Å². The minimum atomic E-state index is -0.184. The van der Waals surface area contributed by atoms with Gasteiger partial charge in [0.1, 0.15) is 22.4 Å². The standard InChI is InChI=1S/C24H24N6O3S2/c1-14-20(34-23(26-14)18-5-3-4-10-25-18)13-33-16-8-6-15(7-9-16)21(31)27-19-12-30(2)11-17(19)22-28-29-24(32)35-22/h3-10,17,19H,11-13H2,1-2H3,(H,27,31)(H,29,32)/t17-,19+/m0/s1. The Morgan fingerprint density at radius 3 is 2.74 bits per heavy atom. The molecule has 0 bridgehead atoms. The maximum absolute atomic E-state index is 12.9. The number of hydrogen-bond donors (Lipinski definition) is 2. The quantitative estimate of drug-likeness (QED) is 0.394. The molecule has 1 aliphatic heterocycles. The Kier molecular flexibility index (Phi) is 6.71. The zero-order valence-electron chi connectivity index (χ0n) is 19.2. The van der Waals surface area contributed by atoms with Crippen molar-refractivity contribution in [3.05, 3.63) is 79.5 Å². The van der Waals surface area contributed by atoms with Gasteiger partial charge in [-0.1, -0.05) is 17.4 Å². The molecule has 1 fully saturated rings. The highest BCUT2D eigenvalue weighted by Crippen LogP contribution is 2.28. The van der Waals surface area contributed by atoms with E-state index in [2.05, 4.69) is 30.4 Å². The second-order valence-electron chi connectivity index (χ2n) is 8.41. The highest BCUT2D eigenvalue weighted by Gasteiger charge is 2.35. The molecule has 1 aromatic carbocycles. The van der Waals surface area contributed by atoms with Gasteiger partial charge in [-0.3, -0.25) is 14.6 Å². The molecule has 0 aliphatic carbocycles. The minimum absolute atomic E-state index is 0.0193. The number of ether oxygens (including phenoxy) is 1. The monoisotopic (exact) mass is 508 g/mol. The van der Waals surface area contributed by atoms with E-state index >= 15 is 0 Å². The van der Waals surface area contributed by atoms with E-state index in [9.17, 15) is 9.59 Å². The number of benzene rings is 1. The first kappa shape index (κ1) is 23.3. The molecule has 4 heterocycles. The van der Waals surface area contributed by atoms with Crippen molar-refractivity contribution in [2.75, 3.05) is 20.1 Å². The summed E-state index contributed by atoms with van der Waals surface area (Å²) < 4.78 is 5.95. The van der Waals surface area contributed by atoms with Crippen LogP contribution in [0.1, 0.15) is 31.9 Å². The topological polar surface area (TPSA) is 113 Å². The van der Waals surface area contributed by atoms with E-state index in [4.69, 9.17) is 4.74 Å². The van der Waals surface area contributed by atoms with E-state index in [0.29, 0.717) is 24.5 Å². The van der Waals surface area contributed by atoms with Crippen LogP contribution in [-0.4, -0.2) is 57.2 Å². The number of likely N-dealkylation sites (tertiary alicyclic amines) is 1. The molecule has 9 nitrogen and oxygen atoms in total. The number of carbonyl (C=O) groups is 1. The SMILES string of the molecule is Cc1nc(-c2ccccn2)sc1COc1ccc(C(=O)N[C@@H]2CN(C)C[C@@H]2c2n[nH]c(=O)s2)cc1. The molecular weight excluding hydrogens is 484 g/mol. The van der Waals surface area contributed by atoms with Crippen LogP contribution >= 0.6 is 22.7 Å². The molecular formula is C24H24N6O3S2. The van der Waals surface area contributed by atoms with Crippen LogP contribution in [0.15, 0.2) is 53.5 Å². The molecule has 0 unspecified atom stereocenters. The van der Waals surface area contributed by atoms with Gasteiger partial charge in [0.15, 0.2) is 0 Å². The van der Waals surface area contributed by atoms with E-state index in [-0.39, 0.29) is 22.7 Å². The fraction of sp³-hybridized carbons (Fsp3) is 0.292. The summed E-state index contributed by atoms with van der Waals surface area (Å²) in [5, 5.41) is 11.3. The van der Waals surface area contributed by atoms with Gasteiger partial charge in [0, 0.05) is 30.8 Å². The number of pyridine rings is 1. The lowest BCUT2D eigenvalue weighted by Gasteiger charge is -2.18. The summed E-state index contributed by atoms with van der Waals surface area (Å²) in [5.74, 6) is 0.491. The van der Waals surface area contributed by atoms with Gasteiger partial charge in [-0.05, 0) is 50.4 Å². The fourth-order valence-electron chi connectivity index (χ4n) is 4.06. The van der Waals surface area contributed by atoms with Crippen LogP contribution in [0.2, 0.25) is 0 Å². The van der Waals surface area contributed by atoms with Gasteiger partial charge in [-0.25, -0.2) is 10.1 Å². The van der Waals surface area contributed by atoms with Gasteiger partial charge >= 0.3 is 4.87 Å². The van der Waals surface area contributed by atoms with E-state index in [0.717, 1.165) is 44.2 Å². The molecule has 5 rings (SSSR count). The Morgan fingerprint density at radius 1 is 1.20 bits per heavy atom. The van der Waals surface area contributed by atoms with Crippen LogP contribution in [0.3, 0.4) is 0 Å². The fourth-order valence-corrected chi connectivity index (χ4v) is 5.78. The van der Waals surface area contributed by atoms with Crippen molar-refractivity contribution in [2.45, 2.75) is 25.5 Å². The summed E-state index contributed by atoms with van der Waals surface area (Å²) in [6.45, 7) is 3.78. The van der Waals surface area contributed by atoms with Crippen LogP contribution < -0.4 is 14.9 Å². The van der Waals surface area contributed by atoms with Crippen LogP contribution in [0, 0.1) is 6.92 Å². The van der Waals surface area contributed by atoms with E-state index in [1.54, 1.807) is 41.8 Å². The Balaban J connectivity index is 1.20. The van der Waals surface area contributed by atoms with Crippen LogP contribution in [0.4, 0.5) is 0 Å². The van der Waals surface area contributed by atoms with Crippen molar-refractivity contribution in [2.24, 2.45) is 0 Å². The molecule has 11 heteroatoms. The molecule has 0 saturated carbocycles. The molecule has 0 radical (unpaired) electrons.